The van der Waals surface area contributed by atoms with Gasteiger partial charge in [0.25, 0.3) is 12.3 Å². The molecule has 4 aromatic rings. The minimum absolute atomic E-state index is 0.0545. The molecular weight excluding hydrogens is 398 g/mol. The number of halogens is 3. The zero-order valence-electron chi connectivity index (χ0n) is 15.2. The fraction of sp³-hybridized carbons (Fsp3) is 0.0952. The van der Waals surface area contributed by atoms with Crippen LogP contribution in [0.4, 0.5) is 14.5 Å². The summed E-state index contributed by atoms with van der Waals surface area (Å²) in [6, 6.07) is 15.3. The Labute approximate surface area is 170 Å². The van der Waals surface area contributed by atoms with Gasteiger partial charge in [-0.1, -0.05) is 48.0 Å². The largest absolute Gasteiger partial charge is 0.322 e. The molecule has 0 bridgehead atoms. The average molecular weight is 413 g/mol. The van der Waals surface area contributed by atoms with Crippen molar-refractivity contribution in [2.45, 2.75) is 13.3 Å². The second-order valence-electron chi connectivity index (χ2n) is 6.39. The van der Waals surface area contributed by atoms with Gasteiger partial charge in [-0.3, -0.25) is 4.79 Å². The molecule has 1 amide bonds. The van der Waals surface area contributed by atoms with Crippen molar-refractivity contribution in [3.63, 3.8) is 0 Å². The summed E-state index contributed by atoms with van der Waals surface area (Å²) in [5.74, 6) is -0.511. The molecule has 2 heterocycles. The maximum atomic E-state index is 13.6. The lowest BCUT2D eigenvalue weighted by Gasteiger charge is -2.10. The van der Waals surface area contributed by atoms with Crippen LogP contribution in [0.1, 0.15) is 28.0 Å². The van der Waals surface area contributed by atoms with E-state index in [0.29, 0.717) is 27.5 Å². The molecule has 2 aromatic heterocycles. The molecule has 0 unspecified atom stereocenters. The minimum atomic E-state index is -2.78. The predicted octanol–water partition coefficient (Wildman–Crippen LogP) is 5.55. The molecule has 0 aliphatic rings. The highest BCUT2D eigenvalue weighted by molar-refractivity contribution is 6.31. The van der Waals surface area contributed by atoms with Crippen LogP contribution in [0, 0.1) is 6.92 Å². The Morgan fingerprint density at radius 3 is 2.62 bits per heavy atom. The van der Waals surface area contributed by atoms with Crippen molar-refractivity contribution in [1.29, 1.82) is 0 Å². The Hall–Kier alpha value is -3.32. The van der Waals surface area contributed by atoms with Gasteiger partial charge >= 0.3 is 0 Å². The number of carbonyl (C=O) groups is 1. The van der Waals surface area contributed by atoms with Gasteiger partial charge < -0.3 is 5.32 Å². The number of anilines is 1. The smallest absolute Gasteiger partial charge is 0.280 e. The van der Waals surface area contributed by atoms with Crippen molar-refractivity contribution in [2.24, 2.45) is 0 Å². The van der Waals surface area contributed by atoms with Gasteiger partial charge in [-0.25, -0.2) is 18.3 Å². The molecule has 0 atom stereocenters. The van der Waals surface area contributed by atoms with Crippen molar-refractivity contribution >= 4 is 28.8 Å². The SMILES string of the molecule is Cc1c(Cl)cccc1NC(=O)c1cnn2c(C(F)F)cc(-c3ccccc3)nc12. The highest BCUT2D eigenvalue weighted by Crippen LogP contribution is 2.28. The maximum absolute atomic E-state index is 13.6. The number of fused-ring (bicyclic) bond motifs is 1. The van der Waals surface area contributed by atoms with E-state index in [-0.39, 0.29) is 16.9 Å². The third-order valence-electron chi connectivity index (χ3n) is 4.55. The zero-order valence-corrected chi connectivity index (χ0v) is 16.0. The standard InChI is InChI=1S/C21H15ClF2N4O/c1-12-15(22)8-5-9-16(12)27-21(29)14-11-25-28-18(19(23)24)10-17(26-20(14)28)13-6-3-2-4-7-13/h2-11,19H,1H3,(H,27,29). The van der Waals surface area contributed by atoms with Gasteiger partial charge in [0.15, 0.2) is 5.65 Å². The van der Waals surface area contributed by atoms with E-state index < -0.39 is 12.3 Å². The lowest BCUT2D eigenvalue weighted by Crippen LogP contribution is -2.13. The predicted molar refractivity (Wildman–Crippen MR) is 108 cm³/mol. The molecule has 0 aliphatic carbocycles. The molecule has 0 fully saturated rings. The number of benzene rings is 2. The van der Waals surface area contributed by atoms with Crippen LogP contribution in [-0.2, 0) is 0 Å². The highest BCUT2D eigenvalue weighted by Gasteiger charge is 2.22. The Kier molecular flexibility index (Phi) is 4.98. The molecule has 8 heteroatoms. The van der Waals surface area contributed by atoms with Crippen LogP contribution >= 0.6 is 11.6 Å². The van der Waals surface area contributed by atoms with Gasteiger partial charge in [0.05, 0.1) is 11.9 Å². The fourth-order valence-corrected chi connectivity index (χ4v) is 3.17. The summed E-state index contributed by atoms with van der Waals surface area (Å²) in [6.45, 7) is 1.77. The number of aromatic nitrogens is 3. The van der Waals surface area contributed by atoms with Crippen LogP contribution in [0.25, 0.3) is 16.9 Å². The first kappa shape index (κ1) is 19.0. The number of nitrogens with zero attached hydrogens (tertiary/aromatic N) is 3. The van der Waals surface area contributed by atoms with Gasteiger partial charge in [0.1, 0.15) is 11.3 Å². The van der Waals surface area contributed by atoms with E-state index in [0.717, 1.165) is 4.52 Å². The van der Waals surface area contributed by atoms with Crippen molar-refractivity contribution in [3.05, 3.63) is 82.6 Å². The molecule has 0 saturated heterocycles. The van der Waals surface area contributed by atoms with Crippen LogP contribution in [0.5, 0.6) is 0 Å². The number of carbonyl (C=O) groups excluding carboxylic acids is 1. The molecule has 0 aliphatic heterocycles. The maximum Gasteiger partial charge on any atom is 0.280 e. The highest BCUT2D eigenvalue weighted by atomic mass is 35.5. The monoisotopic (exact) mass is 412 g/mol. The molecule has 0 spiro atoms. The third-order valence-corrected chi connectivity index (χ3v) is 4.96. The topological polar surface area (TPSA) is 59.3 Å². The van der Waals surface area contributed by atoms with Gasteiger partial charge in [-0.2, -0.15) is 5.10 Å². The number of hydrogen-bond acceptors (Lipinski definition) is 3. The fourth-order valence-electron chi connectivity index (χ4n) is 2.99. The van der Waals surface area contributed by atoms with Crippen LogP contribution < -0.4 is 5.32 Å². The van der Waals surface area contributed by atoms with Crippen molar-refractivity contribution in [2.75, 3.05) is 5.32 Å². The number of amides is 1. The van der Waals surface area contributed by atoms with Gasteiger partial charge in [-0.15, -0.1) is 0 Å². The summed E-state index contributed by atoms with van der Waals surface area (Å²) in [5, 5.41) is 7.22. The summed E-state index contributed by atoms with van der Waals surface area (Å²) in [5.41, 5.74) is 2.02. The summed E-state index contributed by atoms with van der Waals surface area (Å²) in [4.78, 5) is 17.3. The lowest BCUT2D eigenvalue weighted by atomic mass is 10.1. The zero-order chi connectivity index (χ0) is 20.5. The first-order valence-electron chi connectivity index (χ1n) is 8.74. The molecule has 5 nitrogen and oxygen atoms in total. The van der Waals surface area contributed by atoms with E-state index in [2.05, 4.69) is 15.4 Å². The molecule has 4 rings (SSSR count). The van der Waals surface area contributed by atoms with E-state index >= 15 is 0 Å². The second kappa shape index (κ2) is 7.60. The molecule has 2 aromatic carbocycles. The summed E-state index contributed by atoms with van der Waals surface area (Å²) < 4.78 is 28.3. The molecule has 29 heavy (non-hydrogen) atoms. The van der Waals surface area contributed by atoms with E-state index in [9.17, 15) is 13.6 Å². The van der Waals surface area contributed by atoms with Crippen molar-refractivity contribution < 1.29 is 13.6 Å². The van der Waals surface area contributed by atoms with Crippen LogP contribution in [-0.4, -0.2) is 20.5 Å². The number of hydrogen-bond donors (Lipinski definition) is 1. The lowest BCUT2D eigenvalue weighted by molar-refractivity contribution is 0.102. The number of nitrogens with one attached hydrogen (secondary N) is 1. The van der Waals surface area contributed by atoms with Crippen LogP contribution in [0.15, 0.2) is 60.8 Å². The number of rotatable bonds is 4. The second-order valence-corrected chi connectivity index (χ2v) is 6.80. The van der Waals surface area contributed by atoms with Crippen molar-refractivity contribution in [3.8, 4) is 11.3 Å². The number of alkyl halides is 2. The van der Waals surface area contributed by atoms with E-state index in [1.165, 1.54) is 12.3 Å². The first-order chi connectivity index (χ1) is 14.0. The first-order valence-corrected chi connectivity index (χ1v) is 9.12. The van der Waals surface area contributed by atoms with E-state index in [4.69, 9.17) is 11.6 Å². The van der Waals surface area contributed by atoms with Gasteiger partial charge in [0.2, 0.25) is 0 Å². The molecule has 0 radical (unpaired) electrons. The Bertz CT molecular complexity index is 1210. The Morgan fingerprint density at radius 1 is 1.14 bits per heavy atom. The van der Waals surface area contributed by atoms with Crippen LogP contribution in [0.2, 0.25) is 5.02 Å². The van der Waals surface area contributed by atoms with E-state index in [1.807, 2.05) is 6.07 Å². The Morgan fingerprint density at radius 2 is 1.90 bits per heavy atom. The quantitative estimate of drug-likeness (QED) is 0.478. The van der Waals surface area contributed by atoms with E-state index in [1.54, 1.807) is 49.4 Å². The molecule has 146 valence electrons. The summed E-state index contributed by atoms with van der Waals surface area (Å²) >= 11 is 6.10. The van der Waals surface area contributed by atoms with Gasteiger partial charge in [0, 0.05) is 16.3 Å². The van der Waals surface area contributed by atoms with Crippen molar-refractivity contribution in [1.82, 2.24) is 14.6 Å². The third kappa shape index (κ3) is 3.56. The van der Waals surface area contributed by atoms with Crippen LogP contribution in [0.3, 0.4) is 0 Å². The Balaban J connectivity index is 1.82. The normalized spacial score (nSPS) is 11.2. The van der Waals surface area contributed by atoms with Gasteiger partial charge in [-0.05, 0) is 30.7 Å². The minimum Gasteiger partial charge on any atom is -0.322 e. The summed E-state index contributed by atoms with van der Waals surface area (Å²) in [7, 11) is 0. The average Bonchev–Trinajstić information content (AvgIpc) is 3.15. The summed E-state index contributed by atoms with van der Waals surface area (Å²) in [6.07, 6.45) is -1.55. The molecule has 1 N–H and O–H groups in total. The molecule has 0 saturated carbocycles. The molecular formula is C21H15ClF2N4O.